The number of halogens is 1. The molecule has 2 heteroatoms. The zero-order valence-electron chi connectivity index (χ0n) is 9.34. The standard InChI is InChI=1S/C13H16FN/c1-5-13(3,4)15-10(2)11-6-8-12(14)9-7-11/h1,6-10,15H,2-4H3. The van der Waals surface area contributed by atoms with Crippen molar-refractivity contribution in [1.82, 2.24) is 5.32 Å². The van der Waals surface area contributed by atoms with E-state index in [-0.39, 0.29) is 17.4 Å². The molecule has 0 radical (unpaired) electrons. The van der Waals surface area contributed by atoms with Crippen molar-refractivity contribution in [2.24, 2.45) is 0 Å². The number of rotatable bonds is 3. The second-order valence-electron chi connectivity index (χ2n) is 4.19. The zero-order chi connectivity index (χ0) is 11.5. The minimum absolute atomic E-state index is 0.108. The number of benzene rings is 1. The van der Waals surface area contributed by atoms with E-state index in [2.05, 4.69) is 11.2 Å². The largest absolute Gasteiger partial charge is 0.295 e. The summed E-state index contributed by atoms with van der Waals surface area (Å²) in [5.41, 5.74) is 0.674. The highest BCUT2D eigenvalue weighted by Crippen LogP contribution is 2.16. The monoisotopic (exact) mass is 205 g/mol. The summed E-state index contributed by atoms with van der Waals surface area (Å²) in [7, 11) is 0. The van der Waals surface area contributed by atoms with Crippen molar-refractivity contribution in [3.8, 4) is 12.3 Å². The first-order chi connectivity index (χ1) is 6.94. The topological polar surface area (TPSA) is 12.0 Å². The van der Waals surface area contributed by atoms with Crippen LogP contribution in [0, 0.1) is 18.2 Å². The van der Waals surface area contributed by atoms with Crippen LogP contribution < -0.4 is 5.32 Å². The highest BCUT2D eigenvalue weighted by atomic mass is 19.1. The molecule has 0 amide bonds. The Balaban J connectivity index is 2.74. The molecule has 0 aliphatic rings. The van der Waals surface area contributed by atoms with Crippen LogP contribution in [0.5, 0.6) is 0 Å². The summed E-state index contributed by atoms with van der Waals surface area (Å²) in [4.78, 5) is 0. The Hall–Kier alpha value is -1.33. The van der Waals surface area contributed by atoms with Gasteiger partial charge < -0.3 is 0 Å². The molecule has 1 rings (SSSR count). The lowest BCUT2D eigenvalue weighted by Gasteiger charge is -2.25. The normalized spacial score (nSPS) is 13.3. The molecule has 0 spiro atoms. The van der Waals surface area contributed by atoms with Gasteiger partial charge in [0.05, 0.1) is 5.54 Å². The molecule has 1 aromatic carbocycles. The minimum atomic E-state index is -0.353. The Labute approximate surface area is 90.7 Å². The van der Waals surface area contributed by atoms with Crippen molar-refractivity contribution in [2.45, 2.75) is 32.4 Å². The van der Waals surface area contributed by atoms with E-state index in [1.165, 1.54) is 12.1 Å². The Kier molecular flexibility index (Phi) is 3.49. The van der Waals surface area contributed by atoms with Gasteiger partial charge in [0.25, 0.3) is 0 Å². The highest BCUT2D eigenvalue weighted by molar-refractivity contribution is 5.21. The van der Waals surface area contributed by atoms with E-state index in [9.17, 15) is 4.39 Å². The lowest BCUT2D eigenvalue weighted by Crippen LogP contribution is -2.39. The summed E-state index contributed by atoms with van der Waals surface area (Å²) >= 11 is 0. The zero-order valence-corrected chi connectivity index (χ0v) is 9.34. The predicted octanol–water partition coefficient (Wildman–Crippen LogP) is 2.89. The SMILES string of the molecule is C#CC(C)(C)NC(C)c1ccc(F)cc1. The molecule has 1 N–H and O–H groups in total. The van der Waals surface area contributed by atoms with Crippen LogP contribution in [0.2, 0.25) is 0 Å². The van der Waals surface area contributed by atoms with Crippen molar-refractivity contribution in [3.05, 3.63) is 35.6 Å². The van der Waals surface area contributed by atoms with Gasteiger partial charge in [-0.1, -0.05) is 18.1 Å². The summed E-state index contributed by atoms with van der Waals surface area (Å²) in [6.45, 7) is 5.88. The molecule has 0 bridgehead atoms. The number of nitrogens with one attached hydrogen (secondary N) is 1. The molecule has 15 heavy (non-hydrogen) atoms. The maximum Gasteiger partial charge on any atom is 0.123 e. The Morgan fingerprint density at radius 1 is 1.33 bits per heavy atom. The molecule has 0 aliphatic carbocycles. The third kappa shape index (κ3) is 3.38. The van der Waals surface area contributed by atoms with Gasteiger partial charge in [-0.15, -0.1) is 6.42 Å². The lowest BCUT2D eigenvalue weighted by atomic mass is 10.0. The van der Waals surface area contributed by atoms with Crippen LogP contribution in [0.25, 0.3) is 0 Å². The van der Waals surface area contributed by atoms with Gasteiger partial charge in [0.1, 0.15) is 5.82 Å². The summed E-state index contributed by atoms with van der Waals surface area (Å²) in [6.07, 6.45) is 5.38. The third-order valence-electron chi connectivity index (χ3n) is 2.31. The van der Waals surface area contributed by atoms with Gasteiger partial charge in [-0.05, 0) is 38.5 Å². The molecule has 1 aromatic rings. The van der Waals surface area contributed by atoms with Gasteiger partial charge in [0, 0.05) is 6.04 Å². The quantitative estimate of drug-likeness (QED) is 0.748. The molecule has 0 saturated heterocycles. The fraction of sp³-hybridized carbons (Fsp3) is 0.385. The van der Waals surface area contributed by atoms with Gasteiger partial charge >= 0.3 is 0 Å². The summed E-state index contributed by atoms with van der Waals surface area (Å²) in [6, 6.07) is 6.54. The van der Waals surface area contributed by atoms with Crippen LogP contribution >= 0.6 is 0 Å². The van der Waals surface area contributed by atoms with Gasteiger partial charge in [0.15, 0.2) is 0 Å². The van der Waals surface area contributed by atoms with Crippen LogP contribution in [-0.2, 0) is 0 Å². The van der Waals surface area contributed by atoms with E-state index in [0.717, 1.165) is 5.56 Å². The fourth-order valence-corrected chi connectivity index (χ4v) is 1.42. The first-order valence-electron chi connectivity index (χ1n) is 4.95. The summed E-state index contributed by atoms with van der Waals surface area (Å²) in [5.74, 6) is 2.45. The van der Waals surface area contributed by atoms with Gasteiger partial charge in [0.2, 0.25) is 0 Å². The van der Waals surface area contributed by atoms with Crippen LogP contribution in [0.15, 0.2) is 24.3 Å². The van der Waals surface area contributed by atoms with Crippen LogP contribution in [0.4, 0.5) is 4.39 Å². The Morgan fingerprint density at radius 2 is 1.87 bits per heavy atom. The fourth-order valence-electron chi connectivity index (χ4n) is 1.42. The van der Waals surface area contributed by atoms with E-state index < -0.39 is 0 Å². The van der Waals surface area contributed by atoms with Gasteiger partial charge in [-0.2, -0.15) is 0 Å². The Bertz CT molecular complexity index is 359. The molecule has 0 heterocycles. The molecule has 1 unspecified atom stereocenters. The molecular formula is C13H16FN. The van der Waals surface area contributed by atoms with Crippen molar-refractivity contribution < 1.29 is 4.39 Å². The van der Waals surface area contributed by atoms with E-state index >= 15 is 0 Å². The molecular weight excluding hydrogens is 189 g/mol. The maximum atomic E-state index is 12.7. The minimum Gasteiger partial charge on any atom is -0.295 e. The van der Waals surface area contributed by atoms with E-state index in [1.54, 1.807) is 12.1 Å². The van der Waals surface area contributed by atoms with Crippen molar-refractivity contribution >= 4 is 0 Å². The van der Waals surface area contributed by atoms with Gasteiger partial charge in [-0.3, -0.25) is 5.32 Å². The molecule has 0 fully saturated rings. The number of hydrogen-bond acceptors (Lipinski definition) is 1. The van der Waals surface area contributed by atoms with Gasteiger partial charge in [-0.25, -0.2) is 4.39 Å². The van der Waals surface area contributed by atoms with E-state index in [1.807, 2.05) is 20.8 Å². The summed E-state index contributed by atoms with van der Waals surface area (Å²) in [5, 5.41) is 3.28. The highest BCUT2D eigenvalue weighted by Gasteiger charge is 2.17. The average Bonchev–Trinajstić information content (AvgIpc) is 2.18. The molecule has 80 valence electrons. The number of hydrogen-bond donors (Lipinski definition) is 1. The van der Waals surface area contributed by atoms with Crippen LogP contribution in [0.3, 0.4) is 0 Å². The van der Waals surface area contributed by atoms with Crippen LogP contribution in [-0.4, -0.2) is 5.54 Å². The lowest BCUT2D eigenvalue weighted by molar-refractivity contribution is 0.431. The maximum absolute atomic E-state index is 12.7. The summed E-state index contributed by atoms with van der Waals surface area (Å²) < 4.78 is 12.7. The van der Waals surface area contributed by atoms with E-state index in [0.29, 0.717) is 0 Å². The number of terminal acetylenes is 1. The first-order valence-corrected chi connectivity index (χ1v) is 4.95. The second-order valence-corrected chi connectivity index (χ2v) is 4.19. The van der Waals surface area contributed by atoms with Crippen molar-refractivity contribution in [1.29, 1.82) is 0 Å². The Morgan fingerprint density at radius 3 is 2.33 bits per heavy atom. The van der Waals surface area contributed by atoms with Crippen molar-refractivity contribution in [3.63, 3.8) is 0 Å². The average molecular weight is 205 g/mol. The molecule has 0 saturated carbocycles. The molecule has 0 aromatic heterocycles. The van der Waals surface area contributed by atoms with Crippen LogP contribution in [0.1, 0.15) is 32.4 Å². The van der Waals surface area contributed by atoms with Crippen molar-refractivity contribution in [2.75, 3.05) is 0 Å². The van der Waals surface area contributed by atoms with E-state index in [4.69, 9.17) is 6.42 Å². The molecule has 1 atom stereocenters. The first kappa shape index (κ1) is 11.7. The third-order valence-corrected chi connectivity index (χ3v) is 2.31. The molecule has 0 aliphatic heterocycles. The second kappa shape index (κ2) is 4.46. The smallest absolute Gasteiger partial charge is 0.123 e. The predicted molar refractivity (Wildman–Crippen MR) is 60.9 cm³/mol. The molecule has 1 nitrogen and oxygen atoms in total.